The summed E-state index contributed by atoms with van der Waals surface area (Å²) in [4.78, 5) is 0. The van der Waals surface area contributed by atoms with Crippen molar-refractivity contribution in [1.29, 1.82) is 5.26 Å². The Labute approximate surface area is 131 Å². The van der Waals surface area contributed by atoms with Crippen molar-refractivity contribution in [2.45, 2.75) is 90.2 Å². The van der Waals surface area contributed by atoms with Gasteiger partial charge in [0.25, 0.3) is 0 Å². The predicted octanol–water partition coefficient (Wildman–Crippen LogP) is 4.42. The van der Waals surface area contributed by atoms with Crippen LogP contribution >= 0.6 is 0 Å². The maximum atomic E-state index is 9.46. The third-order valence-electron chi connectivity index (χ3n) is 4.94. The summed E-state index contributed by atoms with van der Waals surface area (Å²) in [5, 5.41) is 12.9. The van der Waals surface area contributed by atoms with E-state index >= 15 is 0 Å². The van der Waals surface area contributed by atoms with Crippen LogP contribution in [0.1, 0.15) is 78.6 Å². The van der Waals surface area contributed by atoms with Crippen LogP contribution in [-0.2, 0) is 4.74 Å². The van der Waals surface area contributed by atoms with E-state index in [1.165, 1.54) is 32.1 Å². The number of hydrogen-bond donors (Lipinski definition) is 1. The molecular formula is C18H34N2O. The molecule has 1 N–H and O–H groups in total. The van der Waals surface area contributed by atoms with E-state index < -0.39 is 0 Å². The van der Waals surface area contributed by atoms with E-state index in [1.807, 2.05) is 0 Å². The summed E-state index contributed by atoms with van der Waals surface area (Å²) >= 11 is 0. The zero-order valence-electron chi connectivity index (χ0n) is 14.3. The van der Waals surface area contributed by atoms with Gasteiger partial charge in [-0.1, -0.05) is 40.0 Å². The van der Waals surface area contributed by atoms with Gasteiger partial charge < -0.3 is 4.74 Å². The average molecular weight is 294 g/mol. The molecule has 1 aliphatic rings. The van der Waals surface area contributed by atoms with Gasteiger partial charge in [-0.05, 0) is 51.0 Å². The fourth-order valence-corrected chi connectivity index (χ4v) is 3.32. The third-order valence-corrected chi connectivity index (χ3v) is 4.94. The molecule has 1 rings (SSSR count). The summed E-state index contributed by atoms with van der Waals surface area (Å²) in [7, 11) is 0. The minimum absolute atomic E-state index is 0.349. The topological polar surface area (TPSA) is 45.0 Å². The van der Waals surface area contributed by atoms with Crippen LogP contribution in [0.5, 0.6) is 0 Å². The van der Waals surface area contributed by atoms with Crippen molar-refractivity contribution in [3.63, 3.8) is 0 Å². The lowest BCUT2D eigenvalue weighted by molar-refractivity contribution is 0.00913. The lowest BCUT2D eigenvalue weighted by Gasteiger charge is -2.30. The van der Waals surface area contributed by atoms with Crippen LogP contribution in [0.4, 0.5) is 0 Å². The monoisotopic (exact) mass is 294 g/mol. The largest absolute Gasteiger partial charge is 0.378 e. The summed E-state index contributed by atoms with van der Waals surface area (Å²) < 4.78 is 6.07. The Morgan fingerprint density at radius 2 is 2.10 bits per heavy atom. The van der Waals surface area contributed by atoms with E-state index in [9.17, 15) is 5.26 Å². The molecule has 1 fully saturated rings. The normalized spacial score (nSPS) is 25.2. The maximum absolute atomic E-state index is 9.46. The molecule has 3 heteroatoms. The standard InChI is InChI=1S/C18H34N2O/c1-4-12-20-18(6-3,15-19)11-8-13-21-17-10-7-9-16(5-2)14-17/h16-17,20H,4-14H2,1-3H3. The van der Waals surface area contributed by atoms with E-state index in [-0.39, 0.29) is 5.54 Å². The highest BCUT2D eigenvalue weighted by molar-refractivity contribution is 5.06. The molecule has 0 saturated heterocycles. The van der Waals surface area contributed by atoms with Crippen molar-refractivity contribution in [3.05, 3.63) is 0 Å². The smallest absolute Gasteiger partial charge is 0.106 e. The minimum Gasteiger partial charge on any atom is -0.378 e. The Morgan fingerprint density at radius 1 is 1.29 bits per heavy atom. The van der Waals surface area contributed by atoms with E-state index in [0.29, 0.717) is 6.10 Å². The Balaban J connectivity index is 2.26. The highest BCUT2D eigenvalue weighted by atomic mass is 16.5. The molecule has 0 aromatic carbocycles. The molecule has 1 saturated carbocycles. The third kappa shape index (κ3) is 6.36. The quantitative estimate of drug-likeness (QED) is 0.606. The molecule has 1 aliphatic carbocycles. The first-order valence-corrected chi connectivity index (χ1v) is 8.97. The van der Waals surface area contributed by atoms with Gasteiger partial charge in [-0.25, -0.2) is 0 Å². The van der Waals surface area contributed by atoms with Crippen molar-refractivity contribution >= 4 is 0 Å². The Morgan fingerprint density at radius 3 is 2.71 bits per heavy atom. The van der Waals surface area contributed by atoms with Crippen molar-refractivity contribution in [2.24, 2.45) is 5.92 Å². The summed E-state index contributed by atoms with van der Waals surface area (Å²) in [6.07, 6.45) is 10.7. The molecule has 0 bridgehead atoms. The van der Waals surface area contributed by atoms with Gasteiger partial charge in [-0.15, -0.1) is 0 Å². The number of rotatable bonds is 10. The van der Waals surface area contributed by atoms with E-state index in [0.717, 1.165) is 44.8 Å². The molecule has 0 radical (unpaired) electrons. The Hall–Kier alpha value is -0.590. The number of ether oxygens (including phenoxy) is 1. The van der Waals surface area contributed by atoms with Crippen LogP contribution in [-0.4, -0.2) is 24.8 Å². The van der Waals surface area contributed by atoms with Gasteiger partial charge in [0.1, 0.15) is 5.54 Å². The highest BCUT2D eigenvalue weighted by Crippen LogP contribution is 2.28. The lowest BCUT2D eigenvalue weighted by Crippen LogP contribution is -2.44. The van der Waals surface area contributed by atoms with Crippen LogP contribution in [0.25, 0.3) is 0 Å². The molecule has 3 unspecified atom stereocenters. The summed E-state index contributed by atoms with van der Waals surface area (Å²) in [5.74, 6) is 0.865. The van der Waals surface area contributed by atoms with E-state index in [1.54, 1.807) is 0 Å². The molecule has 0 aromatic heterocycles. The molecule has 0 amide bonds. The lowest BCUT2D eigenvalue weighted by atomic mass is 9.85. The second-order valence-electron chi connectivity index (χ2n) is 6.51. The first-order valence-electron chi connectivity index (χ1n) is 8.97. The maximum Gasteiger partial charge on any atom is 0.106 e. The molecule has 0 aromatic rings. The SMILES string of the molecule is CCCNC(C#N)(CC)CCCOC1CCCC(CC)C1. The fourth-order valence-electron chi connectivity index (χ4n) is 3.32. The van der Waals surface area contributed by atoms with Crippen LogP contribution in [0.15, 0.2) is 0 Å². The minimum atomic E-state index is -0.349. The van der Waals surface area contributed by atoms with Gasteiger partial charge in [-0.3, -0.25) is 5.32 Å². The first kappa shape index (κ1) is 18.5. The van der Waals surface area contributed by atoms with Crippen molar-refractivity contribution in [3.8, 4) is 6.07 Å². The van der Waals surface area contributed by atoms with Crippen LogP contribution in [0, 0.1) is 17.2 Å². The van der Waals surface area contributed by atoms with Crippen LogP contribution in [0.3, 0.4) is 0 Å². The van der Waals surface area contributed by atoms with Gasteiger partial charge in [-0.2, -0.15) is 5.26 Å². The van der Waals surface area contributed by atoms with Gasteiger partial charge in [0.15, 0.2) is 0 Å². The Kier molecular flexibility index (Phi) is 8.96. The van der Waals surface area contributed by atoms with E-state index in [4.69, 9.17) is 4.74 Å². The number of nitriles is 1. The van der Waals surface area contributed by atoms with Crippen LogP contribution < -0.4 is 5.32 Å². The molecule has 122 valence electrons. The molecule has 0 aliphatic heterocycles. The number of nitrogens with zero attached hydrogens (tertiary/aromatic N) is 1. The molecule has 21 heavy (non-hydrogen) atoms. The number of hydrogen-bond acceptors (Lipinski definition) is 3. The Bertz CT molecular complexity index is 313. The van der Waals surface area contributed by atoms with Gasteiger partial charge in [0, 0.05) is 6.61 Å². The molecule has 0 spiro atoms. The zero-order chi connectivity index (χ0) is 15.6. The molecule has 3 nitrogen and oxygen atoms in total. The van der Waals surface area contributed by atoms with Gasteiger partial charge >= 0.3 is 0 Å². The average Bonchev–Trinajstić information content (AvgIpc) is 2.55. The van der Waals surface area contributed by atoms with Crippen molar-refractivity contribution < 1.29 is 4.74 Å². The highest BCUT2D eigenvalue weighted by Gasteiger charge is 2.27. The van der Waals surface area contributed by atoms with E-state index in [2.05, 4.69) is 32.2 Å². The summed E-state index contributed by atoms with van der Waals surface area (Å²) in [6, 6.07) is 2.49. The number of nitrogens with one attached hydrogen (secondary N) is 1. The predicted molar refractivity (Wildman–Crippen MR) is 88.2 cm³/mol. The fraction of sp³-hybridized carbons (Fsp3) is 0.944. The van der Waals surface area contributed by atoms with Crippen molar-refractivity contribution in [2.75, 3.05) is 13.2 Å². The van der Waals surface area contributed by atoms with Crippen LogP contribution in [0.2, 0.25) is 0 Å². The van der Waals surface area contributed by atoms with Crippen molar-refractivity contribution in [1.82, 2.24) is 5.32 Å². The van der Waals surface area contributed by atoms with Gasteiger partial charge in [0.2, 0.25) is 0 Å². The second-order valence-corrected chi connectivity index (χ2v) is 6.51. The first-order chi connectivity index (χ1) is 10.2. The molecule has 0 heterocycles. The summed E-state index contributed by atoms with van der Waals surface area (Å²) in [6.45, 7) is 8.25. The van der Waals surface area contributed by atoms with Gasteiger partial charge in [0.05, 0.1) is 12.2 Å². The summed E-state index contributed by atoms with van der Waals surface area (Å²) in [5.41, 5.74) is -0.349. The second kappa shape index (κ2) is 10.2. The zero-order valence-corrected chi connectivity index (χ0v) is 14.3. The molecular weight excluding hydrogens is 260 g/mol. The molecule has 3 atom stereocenters.